The van der Waals surface area contributed by atoms with E-state index < -0.39 is 11.9 Å². The molecule has 2 aromatic carbocycles. The number of nitrogens with one attached hydrogen (secondary N) is 1. The molecular weight excluding hydrogens is 440 g/mol. The summed E-state index contributed by atoms with van der Waals surface area (Å²) < 4.78 is 21.4. The van der Waals surface area contributed by atoms with E-state index in [1.807, 2.05) is 0 Å². The maximum atomic E-state index is 11.9. The number of carboxylic acids is 1. The van der Waals surface area contributed by atoms with Crippen molar-refractivity contribution in [2.75, 3.05) is 13.7 Å². The molecule has 0 spiro atoms. The number of nitrogens with zero attached hydrogens (tertiary/aromatic N) is 1. The molecule has 0 atom stereocenters. The van der Waals surface area contributed by atoms with Gasteiger partial charge in [-0.2, -0.15) is 5.10 Å². The van der Waals surface area contributed by atoms with Crippen LogP contribution >= 0.6 is 11.6 Å². The van der Waals surface area contributed by atoms with Gasteiger partial charge in [0.25, 0.3) is 5.91 Å². The Morgan fingerprint density at radius 2 is 1.97 bits per heavy atom. The molecule has 1 aromatic heterocycles. The molecule has 1 amide bonds. The Morgan fingerprint density at radius 1 is 1.12 bits per heavy atom. The van der Waals surface area contributed by atoms with Crippen LogP contribution in [0.2, 0.25) is 5.02 Å². The molecule has 9 nitrogen and oxygen atoms in total. The van der Waals surface area contributed by atoms with E-state index in [2.05, 4.69) is 10.5 Å². The second-order valence-electron chi connectivity index (χ2n) is 6.31. The van der Waals surface area contributed by atoms with Gasteiger partial charge in [0.2, 0.25) is 5.76 Å². The lowest BCUT2D eigenvalue weighted by molar-refractivity contribution is -0.123. The summed E-state index contributed by atoms with van der Waals surface area (Å²) in [5, 5.41) is 13.3. The van der Waals surface area contributed by atoms with Crippen LogP contribution in [0.4, 0.5) is 0 Å². The quantitative estimate of drug-likeness (QED) is 0.350. The molecule has 1 heterocycles. The maximum absolute atomic E-state index is 11.9. The number of carbonyl (C=O) groups is 2. The van der Waals surface area contributed by atoms with Gasteiger partial charge < -0.3 is 23.7 Å². The molecular formula is C22H19ClN2O7. The summed E-state index contributed by atoms with van der Waals surface area (Å²) in [7, 11) is 1.48. The molecule has 2 N–H and O–H groups in total. The molecule has 0 saturated carbocycles. The molecule has 3 aromatic rings. The predicted molar refractivity (Wildman–Crippen MR) is 116 cm³/mol. The molecule has 32 heavy (non-hydrogen) atoms. The van der Waals surface area contributed by atoms with Crippen LogP contribution in [0.25, 0.3) is 0 Å². The smallest absolute Gasteiger partial charge is 0.371 e. The third-order valence-electron chi connectivity index (χ3n) is 4.00. The van der Waals surface area contributed by atoms with Crippen LogP contribution in [0.15, 0.2) is 64.1 Å². The average molecular weight is 459 g/mol. The molecule has 0 fully saturated rings. The number of ether oxygens (including phenoxy) is 3. The van der Waals surface area contributed by atoms with E-state index in [4.69, 9.17) is 35.3 Å². The van der Waals surface area contributed by atoms with Crippen molar-refractivity contribution < 1.29 is 33.3 Å². The molecule has 0 aliphatic carbocycles. The number of hydrogen-bond acceptors (Lipinski definition) is 7. The van der Waals surface area contributed by atoms with E-state index in [1.165, 1.54) is 25.5 Å². The second kappa shape index (κ2) is 10.9. The van der Waals surface area contributed by atoms with E-state index >= 15 is 0 Å². The zero-order valence-electron chi connectivity index (χ0n) is 16.9. The van der Waals surface area contributed by atoms with Gasteiger partial charge in [-0.05, 0) is 54.1 Å². The number of furan rings is 1. The minimum absolute atomic E-state index is 0.0275. The van der Waals surface area contributed by atoms with Crippen molar-refractivity contribution in [3.63, 3.8) is 0 Å². The lowest BCUT2D eigenvalue weighted by atomic mass is 10.2. The molecule has 0 saturated heterocycles. The van der Waals surface area contributed by atoms with Crippen LogP contribution in [-0.2, 0) is 11.4 Å². The molecule has 10 heteroatoms. The van der Waals surface area contributed by atoms with Crippen LogP contribution in [0.5, 0.6) is 17.2 Å². The van der Waals surface area contributed by atoms with Crippen LogP contribution in [0, 0.1) is 0 Å². The largest absolute Gasteiger partial charge is 0.493 e. The Balaban J connectivity index is 1.52. The normalized spacial score (nSPS) is 10.7. The topological polar surface area (TPSA) is 120 Å². The number of hydrogen-bond donors (Lipinski definition) is 2. The number of carboxylic acid groups (broad SMARTS) is 1. The Morgan fingerprint density at radius 3 is 2.69 bits per heavy atom. The number of amides is 1. The molecule has 0 bridgehead atoms. The SMILES string of the molecule is COc1cc(/C=N/NC(=O)COc2cccc(Cl)c2)ccc1OCc1ccc(C(=O)O)o1. The summed E-state index contributed by atoms with van der Waals surface area (Å²) in [6.07, 6.45) is 1.44. The van der Waals surface area contributed by atoms with Crippen molar-refractivity contribution in [3.8, 4) is 17.2 Å². The number of rotatable bonds is 10. The minimum atomic E-state index is -1.15. The van der Waals surface area contributed by atoms with Crippen LogP contribution in [0.1, 0.15) is 21.9 Å². The van der Waals surface area contributed by atoms with Crippen LogP contribution in [-0.4, -0.2) is 36.9 Å². The number of carbonyl (C=O) groups excluding carboxylic acids is 1. The molecule has 166 valence electrons. The standard InChI is InChI=1S/C22H19ClN2O7/c1-29-20-9-14(5-7-18(20)31-12-17-6-8-19(32-17)22(27)28)11-24-25-21(26)13-30-16-4-2-3-15(23)10-16/h2-11H,12-13H2,1H3,(H,25,26)(H,27,28)/b24-11+. The monoisotopic (exact) mass is 458 g/mol. The van der Waals surface area contributed by atoms with E-state index in [0.29, 0.717) is 33.6 Å². The van der Waals surface area contributed by atoms with Gasteiger partial charge in [0, 0.05) is 5.02 Å². The highest BCUT2D eigenvalue weighted by molar-refractivity contribution is 6.30. The van der Waals surface area contributed by atoms with E-state index in [9.17, 15) is 9.59 Å². The fraction of sp³-hybridized carbons (Fsp3) is 0.136. The Hall–Kier alpha value is -3.98. The summed E-state index contributed by atoms with van der Waals surface area (Å²) in [5.74, 6) is -0.0648. The van der Waals surface area contributed by atoms with Crippen molar-refractivity contribution in [1.82, 2.24) is 5.43 Å². The zero-order valence-corrected chi connectivity index (χ0v) is 17.7. The molecule has 0 unspecified atom stereocenters. The summed E-state index contributed by atoms with van der Waals surface area (Å²) in [5.41, 5.74) is 3.02. The van der Waals surface area contributed by atoms with Crippen LogP contribution in [0.3, 0.4) is 0 Å². The van der Waals surface area contributed by atoms with Gasteiger partial charge in [-0.1, -0.05) is 17.7 Å². The van der Waals surface area contributed by atoms with Crippen LogP contribution < -0.4 is 19.6 Å². The van der Waals surface area contributed by atoms with Gasteiger partial charge in [0.05, 0.1) is 13.3 Å². The molecule has 0 radical (unpaired) electrons. The van der Waals surface area contributed by atoms with Gasteiger partial charge in [0.1, 0.15) is 18.1 Å². The highest BCUT2D eigenvalue weighted by Gasteiger charge is 2.11. The Bertz CT molecular complexity index is 1130. The van der Waals surface area contributed by atoms with E-state index in [0.717, 1.165) is 0 Å². The van der Waals surface area contributed by atoms with Crippen molar-refractivity contribution in [2.45, 2.75) is 6.61 Å². The van der Waals surface area contributed by atoms with Crippen molar-refractivity contribution >= 4 is 29.7 Å². The minimum Gasteiger partial charge on any atom is -0.493 e. The van der Waals surface area contributed by atoms with E-state index in [1.54, 1.807) is 42.5 Å². The number of benzene rings is 2. The predicted octanol–water partition coefficient (Wildman–Crippen LogP) is 3.75. The van der Waals surface area contributed by atoms with Crippen molar-refractivity contribution in [1.29, 1.82) is 0 Å². The fourth-order valence-corrected chi connectivity index (χ4v) is 2.70. The van der Waals surface area contributed by atoms with Gasteiger partial charge in [-0.25, -0.2) is 10.2 Å². The number of halogens is 1. The summed E-state index contributed by atoms with van der Waals surface area (Å²) in [6, 6.07) is 14.6. The Kier molecular flexibility index (Phi) is 7.71. The maximum Gasteiger partial charge on any atom is 0.371 e. The molecule has 0 aliphatic rings. The van der Waals surface area contributed by atoms with Gasteiger partial charge >= 0.3 is 5.97 Å². The fourth-order valence-electron chi connectivity index (χ4n) is 2.52. The third-order valence-corrected chi connectivity index (χ3v) is 4.23. The highest BCUT2D eigenvalue weighted by atomic mass is 35.5. The zero-order chi connectivity index (χ0) is 22.9. The number of aromatic carboxylic acids is 1. The first-order chi connectivity index (χ1) is 15.4. The first kappa shape index (κ1) is 22.7. The highest BCUT2D eigenvalue weighted by Crippen LogP contribution is 2.28. The number of hydrazone groups is 1. The first-order valence-corrected chi connectivity index (χ1v) is 9.65. The lowest BCUT2D eigenvalue weighted by Crippen LogP contribution is -2.24. The van der Waals surface area contributed by atoms with Crippen molar-refractivity contribution in [2.24, 2.45) is 5.10 Å². The summed E-state index contributed by atoms with van der Waals surface area (Å²) in [6.45, 7) is -0.191. The Labute approximate surface area is 188 Å². The first-order valence-electron chi connectivity index (χ1n) is 9.27. The summed E-state index contributed by atoms with van der Waals surface area (Å²) >= 11 is 5.86. The van der Waals surface area contributed by atoms with Gasteiger partial charge in [0.15, 0.2) is 18.1 Å². The second-order valence-corrected chi connectivity index (χ2v) is 6.75. The molecule has 0 aliphatic heterocycles. The average Bonchev–Trinajstić information content (AvgIpc) is 3.26. The van der Waals surface area contributed by atoms with Gasteiger partial charge in [-0.3, -0.25) is 4.79 Å². The van der Waals surface area contributed by atoms with E-state index in [-0.39, 0.29) is 19.0 Å². The summed E-state index contributed by atoms with van der Waals surface area (Å²) in [4.78, 5) is 22.7. The van der Waals surface area contributed by atoms with Gasteiger partial charge in [-0.15, -0.1) is 0 Å². The van der Waals surface area contributed by atoms with Crippen molar-refractivity contribution in [3.05, 3.63) is 76.7 Å². The third kappa shape index (κ3) is 6.51. The lowest BCUT2D eigenvalue weighted by Gasteiger charge is -2.10. The number of methoxy groups -OCH3 is 1. The molecule has 3 rings (SSSR count).